The first-order valence-electron chi connectivity index (χ1n) is 10.9. The number of benzene rings is 3. The summed E-state index contributed by atoms with van der Waals surface area (Å²) in [7, 11) is 1.61. The number of piperidine rings is 1. The first-order valence-corrected chi connectivity index (χ1v) is 10.9. The Morgan fingerprint density at radius 2 is 1.72 bits per heavy atom. The predicted molar refractivity (Wildman–Crippen MR) is 127 cm³/mol. The van der Waals surface area contributed by atoms with Gasteiger partial charge in [-0.2, -0.15) is 0 Å². The molecule has 0 saturated carbocycles. The summed E-state index contributed by atoms with van der Waals surface area (Å²) in [6.45, 7) is 3.99. The Morgan fingerprint density at radius 1 is 1.00 bits per heavy atom. The summed E-state index contributed by atoms with van der Waals surface area (Å²) in [6.07, 6.45) is 0.821. The number of nitrogens with zero attached hydrogens (tertiary/aromatic N) is 1. The van der Waals surface area contributed by atoms with E-state index in [9.17, 15) is 9.59 Å². The number of hydrogen-bond donors (Lipinski definition) is 1. The molecule has 5 nitrogen and oxygen atoms in total. The zero-order valence-electron chi connectivity index (χ0n) is 18.7. The molecule has 1 N–H and O–H groups in total. The van der Waals surface area contributed by atoms with E-state index in [1.807, 2.05) is 86.6 Å². The SMILES string of the molecule is COc1ccc(N2C(=O)CC[C@H](C(=O)Nc3cc(C)ccc3C)[C@H]2c2ccccc2)cc1. The van der Waals surface area contributed by atoms with Crippen molar-refractivity contribution in [2.75, 3.05) is 17.3 Å². The van der Waals surface area contributed by atoms with Crippen LogP contribution in [0, 0.1) is 19.8 Å². The van der Waals surface area contributed by atoms with E-state index in [4.69, 9.17) is 4.74 Å². The van der Waals surface area contributed by atoms with Gasteiger partial charge in [-0.3, -0.25) is 9.59 Å². The molecule has 32 heavy (non-hydrogen) atoms. The van der Waals surface area contributed by atoms with Gasteiger partial charge in [0.25, 0.3) is 0 Å². The molecule has 1 aliphatic heterocycles. The maximum atomic E-state index is 13.5. The molecule has 5 heteroatoms. The number of nitrogens with one attached hydrogen (secondary N) is 1. The van der Waals surface area contributed by atoms with E-state index in [2.05, 4.69) is 5.32 Å². The highest BCUT2D eigenvalue weighted by Gasteiger charge is 2.41. The van der Waals surface area contributed by atoms with E-state index in [1.54, 1.807) is 12.0 Å². The molecule has 0 aliphatic carbocycles. The maximum absolute atomic E-state index is 13.5. The molecule has 164 valence electrons. The van der Waals surface area contributed by atoms with Gasteiger partial charge in [0.2, 0.25) is 11.8 Å². The lowest BCUT2D eigenvalue weighted by molar-refractivity contribution is -0.125. The number of rotatable bonds is 5. The number of methoxy groups -OCH3 is 1. The van der Waals surface area contributed by atoms with Crippen LogP contribution in [0.5, 0.6) is 5.75 Å². The lowest BCUT2D eigenvalue weighted by Crippen LogP contribution is -2.47. The Bertz CT molecular complexity index is 1110. The normalized spacial score (nSPS) is 18.3. The van der Waals surface area contributed by atoms with Crippen molar-refractivity contribution < 1.29 is 14.3 Å². The van der Waals surface area contributed by atoms with Crippen molar-refractivity contribution in [3.63, 3.8) is 0 Å². The second-order valence-corrected chi connectivity index (χ2v) is 8.27. The van der Waals surface area contributed by atoms with Crippen molar-refractivity contribution in [3.05, 3.63) is 89.5 Å². The number of ether oxygens (including phenoxy) is 1. The molecule has 3 aromatic carbocycles. The van der Waals surface area contributed by atoms with Crippen LogP contribution in [0.2, 0.25) is 0 Å². The maximum Gasteiger partial charge on any atom is 0.229 e. The largest absolute Gasteiger partial charge is 0.497 e. The number of anilines is 2. The zero-order chi connectivity index (χ0) is 22.7. The van der Waals surface area contributed by atoms with E-state index in [0.29, 0.717) is 12.8 Å². The van der Waals surface area contributed by atoms with Crippen molar-refractivity contribution in [1.29, 1.82) is 0 Å². The second-order valence-electron chi connectivity index (χ2n) is 8.27. The van der Waals surface area contributed by atoms with Crippen molar-refractivity contribution in [2.45, 2.75) is 32.7 Å². The Morgan fingerprint density at radius 3 is 2.41 bits per heavy atom. The van der Waals surface area contributed by atoms with Crippen LogP contribution in [-0.2, 0) is 9.59 Å². The van der Waals surface area contributed by atoms with E-state index in [1.165, 1.54) is 0 Å². The Labute approximate surface area is 189 Å². The van der Waals surface area contributed by atoms with Gasteiger partial charge in [0, 0.05) is 17.8 Å². The van der Waals surface area contributed by atoms with Gasteiger partial charge in [-0.15, -0.1) is 0 Å². The summed E-state index contributed by atoms with van der Waals surface area (Å²) in [5, 5.41) is 3.13. The van der Waals surface area contributed by atoms with E-state index in [0.717, 1.165) is 33.8 Å². The van der Waals surface area contributed by atoms with Crippen molar-refractivity contribution >= 4 is 23.2 Å². The van der Waals surface area contributed by atoms with Crippen LogP contribution in [0.25, 0.3) is 0 Å². The average molecular weight is 429 g/mol. The number of aryl methyl sites for hydroxylation is 2. The summed E-state index contributed by atoms with van der Waals surface area (Å²) in [5.74, 6) is 0.286. The van der Waals surface area contributed by atoms with E-state index < -0.39 is 6.04 Å². The molecule has 0 unspecified atom stereocenters. The number of carbonyl (C=O) groups is 2. The topological polar surface area (TPSA) is 58.6 Å². The Balaban J connectivity index is 1.72. The Kier molecular flexibility index (Phi) is 6.26. The minimum atomic E-state index is -0.393. The van der Waals surface area contributed by atoms with Crippen LogP contribution < -0.4 is 15.0 Å². The number of hydrogen-bond acceptors (Lipinski definition) is 3. The van der Waals surface area contributed by atoms with Gasteiger partial charge < -0.3 is 15.0 Å². The fraction of sp³-hybridized carbons (Fsp3) is 0.259. The third kappa shape index (κ3) is 4.37. The predicted octanol–water partition coefficient (Wildman–Crippen LogP) is 5.44. The molecular formula is C27H28N2O3. The average Bonchev–Trinajstić information content (AvgIpc) is 2.82. The molecule has 0 bridgehead atoms. The highest BCUT2D eigenvalue weighted by Crippen LogP contribution is 2.41. The molecular weight excluding hydrogens is 400 g/mol. The highest BCUT2D eigenvalue weighted by atomic mass is 16.5. The minimum absolute atomic E-state index is 0.0137. The highest BCUT2D eigenvalue weighted by molar-refractivity contribution is 6.00. The monoisotopic (exact) mass is 428 g/mol. The van der Waals surface area contributed by atoms with Crippen LogP contribution in [0.15, 0.2) is 72.8 Å². The summed E-state index contributed by atoms with van der Waals surface area (Å²) >= 11 is 0. The molecule has 1 fully saturated rings. The summed E-state index contributed by atoms with van der Waals surface area (Å²) < 4.78 is 5.27. The standard InChI is InChI=1S/C27H28N2O3/c1-18-9-10-19(2)24(17-18)28-27(31)23-15-16-25(30)29(21-11-13-22(32-3)14-12-21)26(23)20-7-5-4-6-8-20/h4-14,17,23,26H,15-16H2,1-3H3,(H,28,31)/t23-,26+/m0/s1. The van der Waals surface area contributed by atoms with Gasteiger partial charge >= 0.3 is 0 Å². The van der Waals surface area contributed by atoms with Gasteiger partial charge in [0.15, 0.2) is 0 Å². The van der Waals surface area contributed by atoms with Gasteiger partial charge in [-0.1, -0.05) is 42.5 Å². The Hall–Kier alpha value is -3.60. The van der Waals surface area contributed by atoms with Crippen molar-refractivity contribution in [3.8, 4) is 5.75 Å². The fourth-order valence-corrected chi connectivity index (χ4v) is 4.34. The lowest BCUT2D eigenvalue weighted by atomic mass is 9.83. The third-order valence-corrected chi connectivity index (χ3v) is 6.08. The van der Waals surface area contributed by atoms with Gasteiger partial charge in [0.1, 0.15) is 5.75 Å². The first kappa shape index (κ1) is 21.6. The lowest BCUT2D eigenvalue weighted by Gasteiger charge is -2.41. The van der Waals surface area contributed by atoms with E-state index in [-0.39, 0.29) is 17.7 Å². The van der Waals surface area contributed by atoms with Crippen LogP contribution >= 0.6 is 0 Å². The van der Waals surface area contributed by atoms with Gasteiger partial charge in [-0.05, 0) is 67.3 Å². The minimum Gasteiger partial charge on any atom is -0.497 e. The van der Waals surface area contributed by atoms with E-state index >= 15 is 0 Å². The molecule has 1 saturated heterocycles. The first-order chi connectivity index (χ1) is 15.5. The van der Waals surface area contributed by atoms with Crippen LogP contribution in [0.4, 0.5) is 11.4 Å². The van der Waals surface area contributed by atoms with Crippen LogP contribution in [-0.4, -0.2) is 18.9 Å². The molecule has 0 aromatic heterocycles. The fourth-order valence-electron chi connectivity index (χ4n) is 4.34. The quantitative estimate of drug-likeness (QED) is 0.589. The summed E-state index contributed by atoms with van der Waals surface area (Å²) in [4.78, 5) is 28.4. The molecule has 0 radical (unpaired) electrons. The zero-order valence-corrected chi connectivity index (χ0v) is 18.7. The van der Waals surface area contributed by atoms with Gasteiger partial charge in [0.05, 0.1) is 19.1 Å². The molecule has 4 rings (SSSR count). The molecule has 2 amide bonds. The number of carbonyl (C=O) groups excluding carboxylic acids is 2. The molecule has 0 spiro atoms. The van der Waals surface area contributed by atoms with Crippen LogP contribution in [0.3, 0.4) is 0 Å². The van der Waals surface area contributed by atoms with Crippen LogP contribution in [0.1, 0.15) is 35.6 Å². The summed E-state index contributed by atoms with van der Waals surface area (Å²) in [6, 6.07) is 22.9. The van der Waals surface area contributed by atoms with Crippen molar-refractivity contribution in [2.24, 2.45) is 5.92 Å². The second kappa shape index (κ2) is 9.27. The molecule has 1 aliphatic rings. The summed E-state index contributed by atoms with van der Waals surface area (Å²) in [5.41, 5.74) is 4.62. The van der Waals surface area contributed by atoms with Crippen molar-refractivity contribution in [1.82, 2.24) is 0 Å². The number of amides is 2. The smallest absolute Gasteiger partial charge is 0.229 e. The molecule has 2 atom stereocenters. The molecule has 3 aromatic rings. The van der Waals surface area contributed by atoms with Gasteiger partial charge in [-0.25, -0.2) is 0 Å². The third-order valence-electron chi connectivity index (χ3n) is 6.08. The molecule has 1 heterocycles.